The molecule has 0 bridgehead atoms. The lowest BCUT2D eigenvalue weighted by Crippen LogP contribution is -2.30. The Bertz CT molecular complexity index is 1080. The number of aryl methyl sites for hydroxylation is 2. The van der Waals surface area contributed by atoms with Gasteiger partial charge in [0.2, 0.25) is 5.91 Å². The van der Waals surface area contributed by atoms with Crippen molar-refractivity contribution < 1.29 is 4.79 Å². The normalized spacial score (nSPS) is 11.4. The Hall–Kier alpha value is -2.96. The van der Waals surface area contributed by atoms with Crippen LogP contribution in [0.15, 0.2) is 29.1 Å². The van der Waals surface area contributed by atoms with Crippen LogP contribution >= 0.6 is 0 Å². The third-order valence-electron chi connectivity index (χ3n) is 4.93. The van der Waals surface area contributed by atoms with E-state index in [1.54, 1.807) is 6.07 Å². The standard InChI is InChI=1S/C21H27N5O2/c1-13(2)12-26-21(28)17-9-7-6-8-16(17)19(24-26)10-20(27)22-11-18-14(3)23-25(5)15(18)4/h6-9,13H,10-12H2,1-5H3,(H,22,27). The van der Waals surface area contributed by atoms with Crippen molar-refractivity contribution in [2.75, 3.05) is 0 Å². The molecular formula is C21H27N5O2. The van der Waals surface area contributed by atoms with Crippen LogP contribution in [0.25, 0.3) is 10.8 Å². The maximum Gasteiger partial charge on any atom is 0.274 e. The van der Waals surface area contributed by atoms with Gasteiger partial charge in [0.15, 0.2) is 0 Å². The number of fused-ring (bicyclic) bond motifs is 1. The number of carbonyl (C=O) groups excluding carboxylic acids is 1. The molecular weight excluding hydrogens is 354 g/mol. The molecule has 1 N–H and O–H groups in total. The second-order valence-corrected chi connectivity index (χ2v) is 7.60. The fourth-order valence-electron chi connectivity index (χ4n) is 3.38. The van der Waals surface area contributed by atoms with Gasteiger partial charge in [0.1, 0.15) is 0 Å². The van der Waals surface area contributed by atoms with E-state index in [1.807, 2.05) is 57.6 Å². The van der Waals surface area contributed by atoms with E-state index < -0.39 is 0 Å². The molecule has 0 unspecified atom stereocenters. The summed E-state index contributed by atoms with van der Waals surface area (Å²) in [5.74, 6) is 0.152. The van der Waals surface area contributed by atoms with Crippen LogP contribution in [0, 0.1) is 19.8 Å². The van der Waals surface area contributed by atoms with Crippen LogP contribution in [0.3, 0.4) is 0 Å². The van der Waals surface area contributed by atoms with Crippen LogP contribution in [-0.2, 0) is 31.4 Å². The second-order valence-electron chi connectivity index (χ2n) is 7.60. The number of rotatable bonds is 6. The monoisotopic (exact) mass is 381 g/mol. The van der Waals surface area contributed by atoms with Gasteiger partial charge in [0.25, 0.3) is 5.56 Å². The van der Waals surface area contributed by atoms with Gasteiger partial charge in [0.05, 0.1) is 23.2 Å². The molecule has 0 aliphatic carbocycles. The molecule has 7 heteroatoms. The van der Waals surface area contributed by atoms with Gasteiger partial charge in [-0.05, 0) is 25.8 Å². The number of carbonyl (C=O) groups is 1. The molecule has 0 spiro atoms. The van der Waals surface area contributed by atoms with Crippen molar-refractivity contribution in [3.05, 3.63) is 57.3 Å². The van der Waals surface area contributed by atoms with Gasteiger partial charge >= 0.3 is 0 Å². The van der Waals surface area contributed by atoms with Gasteiger partial charge in [0, 0.05) is 36.8 Å². The van der Waals surface area contributed by atoms with E-state index >= 15 is 0 Å². The van der Waals surface area contributed by atoms with Gasteiger partial charge in [-0.15, -0.1) is 0 Å². The van der Waals surface area contributed by atoms with Crippen molar-refractivity contribution in [3.8, 4) is 0 Å². The van der Waals surface area contributed by atoms with Crippen LogP contribution in [0.2, 0.25) is 0 Å². The zero-order valence-electron chi connectivity index (χ0n) is 17.1. The number of hydrogen-bond donors (Lipinski definition) is 1. The predicted octanol–water partition coefficient (Wildman–Crippen LogP) is 2.26. The molecule has 0 aliphatic rings. The lowest BCUT2D eigenvalue weighted by atomic mass is 10.1. The average molecular weight is 381 g/mol. The first-order valence-corrected chi connectivity index (χ1v) is 9.52. The summed E-state index contributed by atoms with van der Waals surface area (Å²) in [6.07, 6.45) is 0.122. The maximum absolute atomic E-state index is 12.7. The summed E-state index contributed by atoms with van der Waals surface area (Å²) in [7, 11) is 1.89. The van der Waals surface area contributed by atoms with E-state index in [1.165, 1.54) is 4.68 Å². The lowest BCUT2D eigenvalue weighted by molar-refractivity contribution is -0.120. The van der Waals surface area contributed by atoms with E-state index in [0.717, 1.165) is 22.3 Å². The third-order valence-corrected chi connectivity index (χ3v) is 4.93. The summed E-state index contributed by atoms with van der Waals surface area (Å²) >= 11 is 0. The molecule has 3 aromatic rings. The Labute approximate surface area is 164 Å². The zero-order chi connectivity index (χ0) is 20.4. The molecule has 0 saturated carbocycles. The number of benzene rings is 1. The van der Waals surface area contributed by atoms with Crippen molar-refractivity contribution in [2.24, 2.45) is 13.0 Å². The molecule has 3 rings (SSSR count). The minimum absolute atomic E-state index is 0.116. The highest BCUT2D eigenvalue weighted by Gasteiger charge is 2.15. The number of nitrogens with one attached hydrogen (secondary N) is 1. The SMILES string of the molecule is Cc1nn(C)c(C)c1CNC(=O)Cc1nn(CC(C)C)c(=O)c2ccccc12. The fraction of sp³-hybridized carbons (Fsp3) is 0.429. The quantitative estimate of drug-likeness (QED) is 0.710. The average Bonchev–Trinajstić information content (AvgIpc) is 2.88. The second kappa shape index (κ2) is 7.96. The molecule has 0 fully saturated rings. The maximum atomic E-state index is 12.7. The van der Waals surface area contributed by atoms with Gasteiger partial charge in [-0.3, -0.25) is 14.3 Å². The van der Waals surface area contributed by atoms with E-state index in [9.17, 15) is 9.59 Å². The van der Waals surface area contributed by atoms with Crippen LogP contribution < -0.4 is 10.9 Å². The molecule has 1 aromatic carbocycles. The summed E-state index contributed by atoms with van der Waals surface area (Å²) < 4.78 is 3.29. The number of hydrogen-bond acceptors (Lipinski definition) is 4. The first-order valence-electron chi connectivity index (χ1n) is 9.52. The van der Waals surface area contributed by atoms with E-state index in [2.05, 4.69) is 15.5 Å². The molecule has 7 nitrogen and oxygen atoms in total. The molecule has 1 amide bonds. The summed E-state index contributed by atoms with van der Waals surface area (Å²) in [5.41, 5.74) is 3.47. The highest BCUT2D eigenvalue weighted by atomic mass is 16.1. The number of amides is 1. The van der Waals surface area contributed by atoms with Gasteiger partial charge in [-0.25, -0.2) is 4.68 Å². The number of aromatic nitrogens is 4. The molecule has 148 valence electrons. The van der Waals surface area contributed by atoms with Crippen LogP contribution in [0.5, 0.6) is 0 Å². The van der Waals surface area contributed by atoms with Crippen molar-refractivity contribution in [1.29, 1.82) is 0 Å². The van der Waals surface area contributed by atoms with E-state index in [0.29, 0.717) is 24.2 Å². The molecule has 0 radical (unpaired) electrons. The van der Waals surface area contributed by atoms with Gasteiger partial charge < -0.3 is 5.32 Å². The van der Waals surface area contributed by atoms with Crippen LogP contribution in [0.1, 0.15) is 36.5 Å². The van der Waals surface area contributed by atoms with Crippen molar-refractivity contribution >= 4 is 16.7 Å². The van der Waals surface area contributed by atoms with E-state index in [-0.39, 0.29) is 23.8 Å². The third kappa shape index (κ3) is 3.98. The Morgan fingerprint density at radius 2 is 1.82 bits per heavy atom. The summed E-state index contributed by atoms with van der Waals surface area (Å²) in [4.78, 5) is 25.3. The molecule has 2 aromatic heterocycles. The van der Waals surface area contributed by atoms with Crippen molar-refractivity contribution in [1.82, 2.24) is 24.9 Å². The topological polar surface area (TPSA) is 81.8 Å². The first-order chi connectivity index (χ1) is 13.3. The minimum Gasteiger partial charge on any atom is -0.352 e. The highest BCUT2D eigenvalue weighted by Crippen LogP contribution is 2.15. The number of nitrogens with zero attached hydrogens (tertiary/aromatic N) is 4. The van der Waals surface area contributed by atoms with Crippen LogP contribution in [-0.4, -0.2) is 25.5 Å². The molecule has 0 saturated heterocycles. The smallest absolute Gasteiger partial charge is 0.274 e. The van der Waals surface area contributed by atoms with Gasteiger partial charge in [-0.2, -0.15) is 10.2 Å². The summed E-state index contributed by atoms with van der Waals surface area (Å²) in [6, 6.07) is 7.34. The molecule has 0 atom stereocenters. The van der Waals surface area contributed by atoms with Crippen LogP contribution in [0.4, 0.5) is 0 Å². The zero-order valence-corrected chi connectivity index (χ0v) is 17.1. The van der Waals surface area contributed by atoms with Crippen molar-refractivity contribution in [3.63, 3.8) is 0 Å². The van der Waals surface area contributed by atoms with Gasteiger partial charge in [-0.1, -0.05) is 32.0 Å². The lowest BCUT2D eigenvalue weighted by Gasteiger charge is -2.13. The fourth-order valence-corrected chi connectivity index (χ4v) is 3.38. The predicted molar refractivity (Wildman–Crippen MR) is 109 cm³/mol. The van der Waals surface area contributed by atoms with E-state index in [4.69, 9.17) is 0 Å². The Morgan fingerprint density at radius 3 is 2.43 bits per heavy atom. The highest BCUT2D eigenvalue weighted by molar-refractivity contribution is 5.88. The molecule has 28 heavy (non-hydrogen) atoms. The summed E-state index contributed by atoms with van der Waals surface area (Å²) in [6.45, 7) is 8.94. The largest absolute Gasteiger partial charge is 0.352 e. The Morgan fingerprint density at radius 1 is 1.14 bits per heavy atom. The molecule has 0 aliphatic heterocycles. The minimum atomic E-state index is -0.130. The Balaban J connectivity index is 1.85. The first kappa shape index (κ1) is 19.8. The van der Waals surface area contributed by atoms with Crippen molar-refractivity contribution in [2.45, 2.75) is 47.2 Å². The summed E-state index contributed by atoms with van der Waals surface area (Å²) in [5, 5.41) is 13.2. The molecule has 2 heterocycles. The Kier molecular flexibility index (Phi) is 5.63.